The van der Waals surface area contributed by atoms with Crippen LogP contribution in [0.3, 0.4) is 0 Å². The SMILES string of the molecule is CN1C(=O)/C(=C\c2cccc([N+](=O)[O-])c2)c2ccccc21. The van der Waals surface area contributed by atoms with Crippen LogP contribution in [0.25, 0.3) is 11.6 Å². The van der Waals surface area contributed by atoms with Gasteiger partial charge in [-0.15, -0.1) is 0 Å². The Morgan fingerprint density at radius 3 is 2.67 bits per heavy atom. The molecule has 0 radical (unpaired) electrons. The smallest absolute Gasteiger partial charge is 0.270 e. The van der Waals surface area contributed by atoms with Crippen molar-refractivity contribution >= 4 is 28.9 Å². The van der Waals surface area contributed by atoms with E-state index in [0.717, 1.165) is 11.3 Å². The molecule has 0 unspecified atom stereocenters. The summed E-state index contributed by atoms with van der Waals surface area (Å²) in [5.41, 5.74) is 2.89. The van der Waals surface area contributed by atoms with Gasteiger partial charge < -0.3 is 4.90 Å². The quantitative estimate of drug-likeness (QED) is 0.482. The van der Waals surface area contributed by atoms with E-state index in [4.69, 9.17) is 0 Å². The first-order valence-corrected chi connectivity index (χ1v) is 6.41. The van der Waals surface area contributed by atoms with Gasteiger partial charge in [0.05, 0.1) is 10.6 Å². The van der Waals surface area contributed by atoms with Gasteiger partial charge in [-0.2, -0.15) is 0 Å². The number of nitro benzene ring substituents is 1. The summed E-state index contributed by atoms with van der Waals surface area (Å²) >= 11 is 0. The molecule has 0 spiro atoms. The third-order valence-corrected chi connectivity index (χ3v) is 3.48. The van der Waals surface area contributed by atoms with Crippen LogP contribution < -0.4 is 4.90 Å². The third kappa shape index (κ3) is 2.18. The summed E-state index contributed by atoms with van der Waals surface area (Å²) in [5, 5.41) is 10.8. The van der Waals surface area contributed by atoms with Gasteiger partial charge in [0.15, 0.2) is 0 Å². The number of carbonyl (C=O) groups is 1. The molecule has 5 heteroatoms. The summed E-state index contributed by atoms with van der Waals surface area (Å²) in [5.74, 6) is -0.109. The Kier molecular flexibility index (Phi) is 3.02. The maximum atomic E-state index is 12.3. The van der Waals surface area contributed by atoms with E-state index in [2.05, 4.69) is 0 Å². The minimum atomic E-state index is -0.446. The second kappa shape index (κ2) is 4.86. The fourth-order valence-electron chi connectivity index (χ4n) is 2.43. The first-order valence-electron chi connectivity index (χ1n) is 6.41. The lowest BCUT2D eigenvalue weighted by Gasteiger charge is -2.07. The molecule has 5 nitrogen and oxygen atoms in total. The van der Waals surface area contributed by atoms with Gasteiger partial charge in [0.1, 0.15) is 0 Å². The highest BCUT2D eigenvalue weighted by Gasteiger charge is 2.29. The fraction of sp³-hybridized carbons (Fsp3) is 0.0625. The Labute approximate surface area is 121 Å². The highest BCUT2D eigenvalue weighted by atomic mass is 16.6. The lowest BCUT2D eigenvalue weighted by molar-refractivity contribution is -0.384. The van der Waals surface area contributed by atoms with Crippen molar-refractivity contribution in [3.8, 4) is 0 Å². The average Bonchev–Trinajstić information content (AvgIpc) is 2.73. The number of non-ortho nitro benzene ring substituents is 1. The molecule has 21 heavy (non-hydrogen) atoms. The van der Waals surface area contributed by atoms with Gasteiger partial charge in [-0.3, -0.25) is 14.9 Å². The van der Waals surface area contributed by atoms with E-state index in [1.807, 2.05) is 24.3 Å². The summed E-state index contributed by atoms with van der Waals surface area (Å²) in [6.45, 7) is 0. The average molecular weight is 280 g/mol. The number of nitro groups is 1. The fourth-order valence-corrected chi connectivity index (χ4v) is 2.43. The summed E-state index contributed by atoms with van der Waals surface area (Å²) in [7, 11) is 1.72. The van der Waals surface area contributed by atoms with Gasteiger partial charge >= 0.3 is 0 Å². The number of fused-ring (bicyclic) bond motifs is 1. The number of para-hydroxylation sites is 1. The number of hydrogen-bond acceptors (Lipinski definition) is 3. The second-order valence-corrected chi connectivity index (χ2v) is 4.79. The summed E-state index contributed by atoms with van der Waals surface area (Å²) in [6.07, 6.45) is 1.69. The van der Waals surface area contributed by atoms with Gasteiger partial charge in [-0.1, -0.05) is 30.3 Å². The Balaban J connectivity index is 2.10. The number of anilines is 1. The van der Waals surface area contributed by atoms with Gasteiger partial charge in [0.2, 0.25) is 0 Å². The van der Waals surface area contributed by atoms with E-state index >= 15 is 0 Å². The molecule has 0 saturated carbocycles. The van der Waals surface area contributed by atoms with Crippen molar-refractivity contribution in [2.24, 2.45) is 0 Å². The molecule has 0 aliphatic carbocycles. The van der Waals surface area contributed by atoms with Crippen LogP contribution in [0, 0.1) is 10.1 Å². The van der Waals surface area contributed by atoms with Crippen molar-refractivity contribution in [3.05, 3.63) is 69.8 Å². The minimum absolute atomic E-state index is 0.0106. The number of likely N-dealkylation sites (N-methyl/N-ethyl adjacent to an activating group) is 1. The van der Waals surface area contributed by atoms with Crippen LogP contribution in [-0.2, 0) is 4.79 Å². The Morgan fingerprint density at radius 2 is 1.90 bits per heavy atom. The Hall–Kier alpha value is -2.95. The van der Waals surface area contributed by atoms with Crippen LogP contribution in [0.2, 0.25) is 0 Å². The molecule has 1 amide bonds. The zero-order valence-electron chi connectivity index (χ0n) is 11.3. The number of benzene rings is 2. The van der Waals surface area contributed by atoms with Crippen molar-refractivity contribution in [2.45, 2.75) is 0 Å². The normalized spacial score (nSPS) is 15.4. The Morgan fingerprint density at radius 1 is 1.14 bits per heavy atom. The van der Waals surface area contributed by atoms with Gasteiger partial charge in [-0.25, -0.2) is 0 Å². The monoisotopic (exact) mass is 280 g/mol. The molecule has 2 aromatic carbocycles. The molecule has 0 N–H and O–H groups in total. The first kappa shape index (κ1) is 13.1. The van der Waals surface area contributed by atoms with E-state index in [0.29, 0.717) is 11.1 Å². The van der Waals surface area contributed by atoms with E-state index in [1.165, 1.54) is 12.1 Å². The zero-order valence-corrected chi connectivity index (χ0v) is 11.3. The van der Waals surface area contributed by atoms with Crippen molar-refractivity contribution in [2.75, 3.05) is 11.9 Å². The molecule has 0 saturated heterocycles. The number of rotatable bonds is 2. The van der Waals surface area contributed by atoms with E-state index in [9.17, 15) is 14.9 Å². The molecule has 0 aromatic heterocycles. The van der Waals surface area contributed by atoms with Crippen LogP contribution in [0.4, 0.5) is 11.4 Å². The molecule has 1 aliphatic rings. The van der Waals surface area contributed by atoms with Crippen molar-refractivity contribution < 1.29 is 9.72 Å². The molecule has 104 valence electrons. The van der Waals surface area contributed by atoms with Gasteiger partial charge in [0, 0.05) is 30.3 Å². The van der Waals surface area contributed by atoms with E-state index in [-0.39, 0.29) is 11.6 Å². The van der Waals surface area contributed by atoms with Gasteiger partial charge in [0.25, 0.3) is 11.6 Å². The maximum absolute atomic E-state index is 12.3. The van der Waals surface area contributed by atoms with E-state index in [1.54, 1.807) is 30.2 Å². The summed E-state index contributed by atoms with van der Waals surface area (Å²) in [4.78, 5) is 24.3. The molecule has 0 atom stereocenters. The molecular weight excluding hydrogens is 268 g/mol. The molecule has 1 aliphatic heterocycles. The summed E-state index contributed by atoms with van der Waals surface area (Å²) < 4.78 is 0. The van der Waals surface area contributed by atoms with E-state index < -0.39 is 4.92 Å². The van der Waals surface area contributed by atoms with Crippen molar-refractivity contribution in [1.82, 2.24) is 0 Å². The van der Waals surface area contributed by atoms with Crippen LogP contribution in [0.1, 0.15) is 11.1 Å². The molecule has 1 heterocycles. The summed E-state index contributed by atoms with van der Waals surface area (Å²) in [6, 6.07) is 13.7. The zero-order chi connectivity index (χ0) is 15.0. The standard InChI is InChI=1S/C16H12N2O3/c1-17-15-8-3-2-7-13(15)14(16(17)19)10-11-5-4-6-12(9-11)18(20)21/h2-10H,1H3/b14-10-. The largest absolute Gasteiger partial charge is 0.311 e. The number of amides is 1. The van der Waals surface area contributed by atoms with Crippen LogP contribution in [0.15, 0.2) is 48.5 Å². The topological polar surface area (TPSA) is 63.5 Å². The van der Waals surface area contributed by atoms with Crippen LogP contribution in [0.5, 0.6) is 0 Å². The number of nitrogens with zero attached hydrogens (tertiary/aromatic N) is 2. The lowest BCUT2D eigenvalue weighted by atomic mass is 10.0. The highest BCUT2D eigenvalue weighted by Crippen LogP contribution is 2.36. The van der Waals surface area contributed by atoms with Crippen molar-refractivity contribution in [1.29, 1.82) is 0 Å². The van der Waals surface area contributed by atoms with Crippen molar-refractivity contribution in [3.63, 3.8) is 0 Å². The number of carbonyl (C=O) groups excluding carboxylic acids is 1. The first-order chi connectivity index (χ1) is 10.1. The molecule has 0 bridgehead atoms. The minimum Gasteiger partial charge on any atom is -0.311 e. The highest BCUT2D eigenvalue weighted by molar-refractivity contribution is 6.35. The molecule has 0 fully saturated rings. The lowest BCUT2D eigenvalue weighted by Crippen LogP contribution is -2.20. The number of hydrogen-bond donors (Lipinski definition) is 0. The predicted octanol–water partition coefficient (Wildman–Crippen LogP) is 3.11. The third-order valence-electron chi connectivity index (χ3n) is 3.48. The van der Waals surface area contributed by atoms with Crippen LogP contribution in [-0.4, -0.2) is 17.9 Å². The Bertz CT molecular complexity index is 781. The van der Waals surface area contributed by atoms with Gasteiger partial charge in [-0.05, 0) is 17.7 Å². The second-order valence-electron chi connectivity index (χ2n) is 4.79. The predicted molar refractivity (Wildman–Crippen MR) is 80.8 cm³/mol. The molecular formula is C16H12N2O3. The molecule has 3 rings (SSSR count). The maximum Gasteiger partial charge on any atom is 0.270 e. The van der Waals surface area contributed by atoms with Crippen LogP contribution >= 0.6 is 0 Å². The molecule has 2 aromatic rings.